The maximum absolute atomic E-state index is 13.6. The van der Waals surface area contributed by atoms with Crippen LogP contribution < -0.4 is 0 Å². The number of hydrogen-bond acceptors (Lipinski definition) is 2. The van der Waals surface area contributed by atoms with Crippen LogP contribution in [0.2, 0.25) is 0 Å². The second-order valence-electron chi connectivity index (χ2n) is 5.20. The van der Waals surface area contributed by atoms with Crippen LogP contribution in [-0.4, -0.2) is 15.8 Å². The lowest BCUT2D eigenvalue weighted by Gasteiger charge is -2.07. The van der Waals surface area contributed by atoms with Gasteiger partial charge in [0.05, 0.1) is 5.69 Å². The van der Waals surface area contributed by atoms with E-state index in [1.165, 1.54) is 12.1 Å². The van der Waals surface area contributed by atoms with Crippen LogP contribution in [0.15, 0.2) is 53.7 Å². The summed E-state index contributed by atoms with van der Waals surface area (Å²) < 4.78 is 28.6. The number of rotatable bonds is 3. The van der Waals surface area contributed by atoms with Crippen LogP contribution in [0.25, 0.3) is 5.82 Å². The molecule has 0 aliphatic carbocycles. The zero-order valence-electron chi connectivity index (χ0n) is 12.8. The summed E-state index contributed by atoms with van der Waals surface area (Å²) in [5.74, 6) is -0.482. The summed E-state index contributed by atoms with van der Waals surface area (Å²) >= 11 is 0. The minimum atomic E-state index is -0.681. The fraction of sp³-hybridized carbons (Fsp3) is 0.111. The molecule has 0 unspecified atom stereocenters. The number of nitrogens with zero attached hydrogens (tertiary/aromatic N) is 3. The number of aromatic nitrogens is 2. The number of halogens is 2. The Morgan fingerprint density at radius 3 is 2.61 bits per heavy atom. The third-order valence-electron chi connectivity index (χ3n) is 3.60. The molecule has 0 amide bonds. The third-order valence-corrected chi connectivity index (χ3v) is 3.60. The average Bonchev–Trinajstić information content (AvgIpc) is 2.81. The molecule has 0 saturated carbocycles. The lowest BCUT2D eigenvalue weighted by Crippen LogP contribution is -2.01. The van der Waals surface area contributed by atoms with E-state index in [0.717, 1.165) is 28.8 Å². The van der Waals surface area contributed by atoms with Crippen molar-refractivity contribution >= 4 is 11.9 Å². The van der Waals surface area contributed by atoms with Crippen LogP contribution >= 0.6 is 0 Å². The molecule has 3 nitrogen and oxygen atoms in total. The van der Waals surface area contributed by atoms with Crippen molar-refractivity contribution in [3.8, 4) is 5.82 Å². The van der Waals surface area contributed by atoms with Gasteiger partial charge in [-0.1, -0.05) is 6.07 Å². The molecular formula is C18H15F2N3. The van der Waals surface area contributed by atoms with Gasteiger partial charge in [0.15, 0.2) is 5.82 Å². The largest absolute Gasteiger partial charge is 0.303 e. The van der Waals surface area contributed by atoms with E-state index < -0.39 is 11.6 Å². The standard InChI is InChI=1S/C18H15F2N3/c1-12-9-14(11-22-17-7-6-15(19)10-16(17)20)13(2)23(12)18-5-3-4-8-21-18/h3-11H,1-2H3. The summed E-state index contributed by atoms with van der Waals surface area (Å²) in [4.78, 5) is 8.47. The summed E-state index contributed by atoms with van der Waals surface area (Å²) in [6.45, 7) is 3.92. The maximum Gasteiger partial charge on any atom is 0.151 e. The molecule has 1 aromatic carbocycles. The molecule has 0 aliphatic rings. The van der Waals surface area contributed by atoms with Crippen LogP contribution in [0, 0.1) is 25.5 Å². The van der Waals surface area contributed by atoms with Crippen molar-refractivity contribution < 1.29 is 8.78 Å². The first-order valence-electron chi connectivity index (χ1n) is 7.16. The number of aliphatic imine (C=N–C) groups is 1. The predicted octanol–water partition coefficient (Wildman–Crippen LogP) is 4.52. The van der Waals surface area contributed by atoms with Gasteiger partial charge in [-0.25, -0.2) is 13.8 Å². The van der Waals surface area contributed by atoms with E-state index in [4.69, 9.17) is 0 Å². The first-order valence-corrected chi connectivity index (χ1v) is 7.16. The molecular weight excluding hydrogens is 296 g/mol. The summed E-state index contributed by atoms with van der Waals surface area (Å²) in [5.41, 5.74) is 2.92. The maximum atomic E-state index is 13.6. The van der Waals surface area contributed by atoms with Gasteiger partial charge < -0.3 is 4.57 Å². The number of hydrogen-bond donors (Lipinski definition) is 0. The van der Waals surface area contributed by atoms with E-state index >= 15 is 0 Å². The molecule has 2 aromatic heterocycles. The van der Waals surface area contributed by atoms with E-state index in [1.807, 2.05) is 42.7 Å². The number of pyridine rings is 1. The van der Waals surface area contributed by atoms with Crippen LogP contribution in [0.1, 0.15) is 17.0 Å². The molecule has 0 aliphatic heterocycles. The molecule has 0 radical (unpaired) electrons. The van der Waals surface area contributed by atoms with E-state index in [0.29, 0.717) is 0 Å². The fourth-order valence-electron chi connectivity index (χ4n) is 2.48. The van der Waals surface area contributed by atoms with Gasteiger partial charge in [0.25, 0.3) is 0 Å². The van der Waals surface area contributed by atoms with Crippen LogP contribution in [0.3, 0.4) is 0 Å². The Balaban J connectivity index is 1.97. The van der Waals surface area contributed by atoms with Gasteiger partial charge in [0, 0.05) is 35.4 Å². The molecule has 0 N–H and O–H groups in total. The highest BCUT2D eigenvalue weighted by molar-refractivity contribution is 5.84. The van der Waals surface area contributed by atoms with Crippen molar-refractivity contribution in [1.82, 2.24) is 9.55 Å². The molecule has 0 atom stereocenters. The van der Waals surface area contributed by atoms with Crippen molar-refractivity contribution in [2.24, 2.45) is 4.99 Å². The molecule has 116 valence electrons. The van der Waals surface area contributed by atoms with Crippen molar-refractivity contribution in [1.29, 1.82) is 0 Å². The topological polar surface area (TPSA) is 30.2 Å². The molecule has 0 fully saturated rings. The highest BCUT2D eigenvalue weighted by atomic mass is 19.1. The monoisotopic (exact) mass is 311 g/mol. The number of aryl methyl sites for hydroxylation is 1. The molecule has 0 bridgehead atoms. The summed E-state index contributed by atoms with van der Waals surface area (Å²) in [5, 5.41) is 0. The molecule has 3 rings (SSSR count). The van der Waals surface area contributed by atoms with Crippen LogP contribution in [0.5, 0.6) is 0 Å². The molecule has 5 heteroatoms. The highest BCUT2D eigenvalue weighted by Crippen LogP contribution is 2.21. The Morgan fingerprint density at radius 1 is 1.09 bits per heavy atom. The SMILES string of the molecule is Cc1cc(C=Nc2ccc(F)cc2F)c(C)n1-c1ccccn1. The Morgan fingerprint density at radius 2 is 1.91 bits per heavy atom. The minimum Gasteiger partial charge on any atom is -0.303 e. The zero-order valence-corrected chi connectivity index (χ0v) is 12.8. The quantitative estimate of drug-likeness (QED) is 0.654. The predicted molar refractivity (Wildman–Crippen MR) is 86.7 cm³/mol. The molecule has 0 spiro atoms. The average molecular weight is 311 g/mol. The Hall–Kier alpha value is -2.82. The Bertz CT molecular complexity index is 867. The third kappa shape index (κ3) is 3.04. The number of benzene rings is 1. The normalized spacial score (nSPS) is 11.3. The van der Waals surface area contributed by atoms with E-state index in [2.05, 4.69) is 9.98 Å². The van der Waals surface area contributed by atoms with Crippen molar-refractivity contribution in [2.75, 3.05) is 0 Å². The molecule has 3 aromatic rings. The van der Waals surface area contributed by atoms with Gasteiger partial charge in [0.1, 0.15) is 11.6 Å². The van der Waals surface area contributed by atoms with Crippen LogP contribution in [0.4, 0.5) is 14.5 Å². The van der Waals surface area contributed by atoms with Crippen molar-refractivity contribution in [3.63, 3.8) is 0 Å². The molecule has 0 saturated heterocycles. The smallest absolute Gasteiger partial charge is 0.151 e. The lowest BCUT2D eigenvalue weighted by atomic mass is 10.2. The van der Waals surface area contributed by atoms with Gasteiger partial charge in [-0.15, -0.1) is 0 Å². The first-order chi connectivity index (χ1) is 11.1. The summed E-state index contributed by atoms with van der Waals surface area (Å²) in [6.07, 6.45) is 3.31. The zero-order chi connectivity index (χ0) is 16.4. The Labute approximate surface area is 133 Å². The molecule has 23 heavy (non-hydrogen) atoms. The van der Waals surface area contributed by atoms with Gasteiger partial charge in [0.2, 0.25) is 0 Å². The van der Waals surface area contributed by atoms with Gasteiger partial charge in [-0.3, -0.25) is 4.99 Å². The van der Waals surface area contributed by atoms with Crippen LogP contribution in [-0.2, 0) is 0 Å². The van der Waals surface area contributed by atoms with Gasteiger partial charge >= 0.3 is 0 Å². The highest BCUT2D eigenvalue weighted by Gasteiger charge is 2.10. The van der Waals surface area contributed by atoms with Gasteiger partial charge in [-0.2, -0.15) is 0 Å². The second-order valence-corrected chi connectivity index (χ2v) is 5.20. The fourth-order valence-corrected chi connectivity index (χ4v) is 2.48. The van der Waals surface area contributed by atoms with E-state index in [1.54, 1.807) is 12.4 Å². The molecule has 2 heterocycles. The van der Waals surface area contributed by atoms with Crippen molar-refractivity contribution in [2.45, 2.75) is 13.8 Å². The van der Waals surface area contributed by atoms with E-state index in [-0.39, 0.29) is 5.69 Å². The lowest BCUT2D eigenvalue weighted by molar-refractivity contribution is 0.585. The summed E-state index contributed by atoms with van der Waals surface area (Å²) in [6, 6.07) is 11.0. The summed E-state index contributed by atoms with van der Waals surface area (Å²) in [7, 11) is 0. The first kappa shape index (κ1) is 15.1. The van der Waals surface area contributed by atoms with E-state index in [9.17, 15) is 8.78 Å². The van der Waals surface area contributed by atoms with Gasteiger partial charge in [-0.05, 0) is 44.2 Å². The van der Waals surface area contributed by atoms with Crippen molar-refractivity contribution in [3.05, 3.63) is 77.2 Å². The second kappa shape index (κ2) is 6.12. The Kier molecular flexibility index (Phi) is 4.02. The minimum absolute atomic E-state index is 0.106.